The average molecular weight is 280 g/mol. The molecule has 0 unspecified atom stereocenters. The minimum absolute atomic E-state index is 0.641. The van der Waals surface area contributed by atoms with E-state index in [0.29, 0.717) is 5.95 Å². The molecular weight excluding hydrogens is 266 g/mol. The van der Waals surface area contributed by atoms with Crippen LogP contribution < -0.4 is 5.32 Å². The molecule has 1 heterocycles. The van der Waals surface area contributed by atoms with Gasteiger partial charge in [-0.1, -0.05) is 29.8 Å². The van der Waals surface area contributed by atoms with E-state index in [2.05, 4.69) is 15.3 Å². The standard InChI is InChI=1S/C13H14ClN3S/c1-9-7-16-13(15-2)17-12(9)18-8-10-5-3-4-6-11(10)14/h3-7H,8H2,1-2H3,(H,15,16,17). The van der Waals surface area contributed by atoms with Crippen LogP contribution in [0, 0.1) is 6.92 Å². The second-order valence-electron chi connectivity index (χ2n) is 3.81. The third kappa shape index (κ3) is 3.15. The summed E-state index contributed by atoms with van der Waals surface area (Å²) < 4.78 is 0. The molecule has 1 aromatic heterocycles. The summed E-state index contributed by atoms with van der Waals surface area (Å²) in [6.45, 7) is 2.01. The van der Waals surface area contributed by atoms with Crippen LogP contribution in [0.5, 0.6) is 0 Å². The van der Waals surface area contributed by atoms with E-state index in [4.69, 9.17) is 11.6 Å². The van der Waals surface area contributed by atoms with Crippen molar-refractivity contribution in [2.24, 2.45) is 0 Å². The molecule has 0 saturated heterocycles. The zero-order chi connectivity index (χ0) is 13.0. The fourth-order valence-electron chi connectivity index (χ4n) is 1.45. The lowest BCUT2D eigenvalue weighted by Gasteiger charge is -2.07. The molecule has 94 valence electrons. The Morgan fingerprint density at radius 1 is 1.33 bits per heavy atom. The highest BCUT2D eigenvalue weighted by Crippen LogP contribution is 2.27. The summed E-state index contributed by atoms with van der Waals surface area (Å²) in [5, 5.41) is 4.72. The Labute approximate surface area is 116 Å². The zero-order valence-electron chi connectivity index (χ0n) is 10.3. The van der Waals surface area contributed by atoms with E-state index >= 15 is 0 Å². The summed E-state index contributed by atoms with van der Waals surface area (Å²) in [6, 6.07) is 7.87. The molecule has 0 aliphatic heterocycles. The number of hydrogen-bond acceptors (Lipinski definition) is 4. The lowest BCUT2D eigenvalue weighted by molar-refractivity contribution is 1.00. The van der Waals surface area contributed by atoms with E-state index in [-0.39, 0.29) is 0 Å². The van der Waals surface area contributed by atoms with Crippen molar-refractivity contribution < 1.29 is 0 Å². The topological polar surface area (TPSA) is 37.8 Å². The number of hydrogen-bond donors (Lipinski definition) is 1. The maximum atomic E-state index is 6.13. The van der Waals surface area contributed by atoms with Gasteiger partial charge in [0, 0.05) is 24.0 Å². The van der Waals surface area contributed by atoms with Crippen LogP contribution in [0.25, 0.3) is 0 Å². The maximum absolute atomic E-state index is 6.13. The fraction of sp³-hybridized carbons (Fsp3) is 0.231. The molecule has 0 aliphatic carbocycles. The number of aromatic nitrogens is 2. The third-order valence-electron chi connectivity index (χ3n) is 2.47. The van der Waals surface area contributed by atoms with E-state index in [1.807, 2.05) is 44.4 Å². The molecule has 0 aliphatic rings. The number of rotatable bonds is 4. The van der Waals surface area contributed by atoms with E-state index in [1.54, 1.807) is 11.8 Å². The van der Waals surface area contributed by atoms with Crippen molar-refractivity contribution in [2.45, 2.75) is 17.7 Å². The van der Waals surface area contributed by atoms with Gasteiger partial charge in [0.2, 0.25) is 5.95 Å². The Bertz CT molecular complexity index is 546. The van der Waals surface area contributed by atoms with Crippen LogP contribution in [-0.2, 0) is 5.75 Å². The SMILES string of the molecule is CNc1ncc(C)c(SCc2ccccc2Cl)n1. The Morgan fingerprint density at radius 2 is 2.11 bits per heavy atom. The van der Waals surface area contributed by atoms with Gasteiger partial charge in [0.25, 0.3) is 0 Å². The molecule has 2 rings (SSSR count). The minimum Gasteiger partial charge on any atom is -0.357 e. The van der Waals surface area contributed by atoms with Gasteiger partial charge in [-0.2, -0.15) is 0 Å². The van der Waals surface area contributed by atoms with Crippen LogP contribution in [0.3, 0.4) is 0 Å². The molecule has 3 nitrogen and oxygen atoms in total. The average Bonchev–Trinajstić information content (AvgIpc) is 2.39. The van der Waals surface area contributed by atoms with E-state index < -0.39 is 0 Å². The first-order chi connectivity index (χ1) is 8.70. The molecule has 1 aromatic carbocycles. The quantitative estimate of drug-likeness (QED) is 0.683. The van der Waals surface area contributed by atoms with Crippen LogP contribution in [0.2, 0.25) is 5.02 Å². The predicted octanol–water partition coefficient (Wildman–Crippen LogP) is 3.77. The lowest BCUT2D eigenvalue weighted by Crippen LogP contribution is -1.98. The molecule has 1 N–H and O–H groups in total. The molecular formula is C13H14ClN3S. The normalized spacial score (nSPS) is 10.4. The molecule has 0 saturated carbocycles. The summed E-state index contributed by atoms with van der Waals surface area (Å²) in [5.41, 5.74) is 2.19. The van der Waals surface area contributed by atoms with Gasteiger partial charge in [-0.3, -0.25) is 0 Å². The monoisotopic (exact) mass is 279 g/mol. The second-order valence-corrected chi connectivity index (χ2v) is 5.18. The molecule has 18 heavy (non-hydrogen) atoms. The first-order valence-electron chi connectivity index (χ1n) is 5.58. The van der Waals surface area contributed by atoms with Crippen LogP contribution in [0.4, 0.5) is 5.95 Å². The van der Waals surface area contributed by atoms with Gasteiger partial charge >= 0.3 is 0 Å². The molecule has 0 atom stereocenters. The highest BCUT2D eigenvalue weighted by Gasteiger charge is 2.06. The Morgan fingerprint density at radius 3 is 2.83 bits per heavy atom. The Kier molecular flexibility index (Phi) is 4.44. The Balaban J connectivity index is 2.13. The molecule has 5 heteroatoms. The van der Waals surface area contributed by atoms with Crippen molar-refractivity contribution in [3.05, 3.63) is 46.6 Å². The van der Waals surface area contributed by atoms with E-state index in [9.17, 15) is 0 Å². The number of benzene rings is 1. The molecule has 0 fully saturated rings. The fourth-order valence-corrected chi connectivity index (χ4v) is 2.71. The summed E-state index contributed by atoms with van der Waals surface area (Å²) in [4.78, 5) is 8.60. The van der Waals surface area contributed by atoms with Gasteiger partial charge in [-0.25, -0.2) is 9.97 Å². The summed E-state index contributed by atoms with van der Waals surface area (Å²) in [7, 11) is 1.81. The van der Waals surface area contributed by atoms with Crippen molar-refractivity contribution in [1.29, 1.82) is 0 Å². The summed E-state index contributed by atoms with van der Waals surface area (Å²) in [6.07, 6.45) is 1.83. The molecule has 0 radical (unpaired) electrons. The summed E-state index contributed by atoms with van der Waals surface area (Å²) in [5.74, 6) is 1.45. The van der Waals surface area contributed by atoms with Crippen molar-refractivity contribution in [3.8, 4) is 0 Å². The molecule has 0 spiro atoms. The van der Waals surface area contributed by atoms with Gasteiger partial charge in [0.15, 0.2) is 0 Å². The van der Waals surface area contributed by atoms with Crippen molar-refractivity contribution in [1.82, 2.24) is 9.97 Å². The molecule has 0 bridgehead atoms. The number of nitrogens with one attached hydrogen (secondary N) is 1. The van der Waals surface area contributed by atoms with Gasteiger partial charge < -0.3 is 5.32 Å². The van der Waals surface area contributed by atoms with Crippen molar-refractivity contribution in [3.63, 3.8) is 0 Å². The van der Waals surface area contributed by atoms with Crippen molar-refractivity contribution >= 4 is 29.3 Å². The second kappa shape index (κ2) is 6.07. The largest absolute Gasteiger partial charge is 0.357 e. The third-order valence-corrected chi connectivity index (χ3v) is 3.98. The van der Waals surface area contributed by atoms with Crippen LogP contribution in [0.1, 0.15) is 11.1 Å². The molecule has 2 aromatic rings. The number of anilines is 1. The highest BCUT2D eigenvalue weighted by atomic mass is 35.5. The molecule has 0 amide bonds. The number of nitrogens with zero attached hydrogens (tertiary/aromatic N) is 2. The van der Waals surface area contributed by atoms with Gasteiger partial charge in [-0.15, -0.1) is 11.8 Å². The van der Waals surface area contributed by atoms with Crippen LogP contribution in [0.15, 0.2) is 35.5 Å². The van der Waals surface area contributed by atoms with E-state index in [0.717, 1.165) is 26.9 Å². The Hall–Kier alpha value is -1.26. The lowest BCUT2D eigenvalue weighted by atomic mass is 10.2. The zero-order valence-corrected chi connectivity index (χ0v) is 11.8. The number of thioether (sulfide) groups is 1. The van der Waals surface area contributed by atoms with E-state index in [1.165, 1.54) is 0 Å². The van der Waals surface area contributed by atoms with Gasteiger partial charge in [-0.05, 0) is 24.1 Å². The number of aryl methyl sites for hydroxylation is 1. The van der Waals surface area contributed by atoms with Gasteiger partial charge in [0.05, 0.1) is 0 Å². The predicted molar refractivity (Wildman–Crippen MR) is 77.3 cm³/mol. The van der Waals surface area contributed by atoms with Crippen LogP contribution in [-0.4, -0.2) is 17.0 Å². The first kappa shape index (κ1) is 13.2. The summed E-state index contributed by atoms with van der Waals surface area (Å²) >= 11 is 7.80. The maximum Gasteiger partial charge on any atom is 0.223 e. The number of halogens is 1. The minimum atomic E-state index is 0.641. The smallest absolute Gasteiger partial charge is 0.223 e. The highest BCUT2D eigenvalue weighted by molar-refractivity contribution is 7.98. The van der Waals surface area contributed by atoms with Crippen LogP contribution >= 0.6 is 23.4 Å². The van der Waals surface area contributed by atoms with Crippen molar-refractivity contribution in [2.75, 3.05) is 12.4 Å². The first-order valence-corrected chi connectivity index (χ1v) is 6.94. The van der Waals surface area contributed by atoms with Gasteiger partial charge in [0.1, 0.15) is 5.03 Å².